The van der Waals surface area contributed by atoms with Crippen LogP contribution in [0.3, 0.4) is 0 Å². The van der Waals surface area contributed by atoms with Gasteiger partial charge in [-0.3, -0.25) is 4.79 Å². The number of aromatic nitrogens is 4. The number of nitrogens with one attached hydrogen (secondary N) is 1. The Hall–Kier alpha value is -2.06. The summed E-state index contributed by atoms with van der Waals surface area (Å²) in [6.45, 7) is 2.66. The number of hydrogen-bond donors (Lipinski definition) is 3. The Morgan fingerprint density at radius 2 is 2.26 bits per heavy atom. The van der Waals surface area contributed by atoms with Crippen LogP contribution in [0.5, 0.6) is 0 Å². The molecule has 2 rings (SSSR count). The van der Waals surface area contributed by atoms with Crippen LogP contribution in [0.25, 0.3) is 5.78 Å². The molecule has 8 nitrogen and oxygen atoms in total. The van der Waals surface area contributed by atoms with Crippen molar-refractivity contribution in [3.05, 3.63) is 23.8 Å². The van der Waals surface area contributed by atoms with Crippen LogP contribution in [0.1, 0.15) is 23.0 Å². The molecule has 0 aromatic carbocycles. The highest BCUT2D eigenvalue weighted by Crippen LogP contribution is 2.08. The smallest absolute Gasteiger partial charge is 0.254 e. The third-order valence-electron chi connectivity index (χ3n) is 2.76. The maximum absolute atomic E-state index is 12.0. The van der Waals surface area contributed by atoms with Crippen molar-refractivity contribution >= 4 is 11.7 Å². The highest BCUT2D eigenvalue weighted by atomic mass is 16.3. The van der Waals surface area contributed by atoms with Crippen molar-refractivity contribution in [2.24, 2.45) is 0 Å². The SMILES string of the molecule is Cc1c(C(=O)NCC(C)(O)CO)cnc2ncnn12. The molecule has 0 fully saturated rings. The average molecular weight is 265 g/mol. The molecule has 0 spiro atoms. The van der Waals surface area contributed by atoms with E-state index in [9.17, 15) is 9.90 Å². The molecule has 0 aliphatic carbocycles. The van der Waals surface area contributed by atoms with E-state index >= 15 is 0 Å². The van der Waals surface area contributed by atoms with Gasteiger partial charge in [0.15, 0.2) is 0 Å². The number of carbonyl (C=O) groups is 1. The van der Waals surface area contributed by atoms with Gasteiger partial charge in [-0.15, -0.1) is 0 Å². The zero-order chi connectivity index (χ0) is 14.0. The minimum Gasteiger partial charge on any atom is -0.393 e. The maximum atomic E-state index is 12.0. The van der Waals surface area contributed by atoms with E-state index in [0.717, 1.165) is 0 Å². The summed E-state index contributed by atoms with van der Waals surface area (Å²) >= 11 is 0. The molecule has 0 saturated heterocycles. The van der Waals surface area contributed by atoms with Gasteiger partial charge in [0.05, 0.1) is 17.9 Å². The van der Waals surface area contributed by atoms with Gasteiger partial charge in [-0.2, -0.15) is 10.1 Å². The fourth-order valence-electron chi connectivity index (χ4n) is 1.53. The lowest BCUT2D eigenvalue weighted by atomic mass is 10.1. The average Bonchev–Trinajstić information content (AvgIpc) is 2.86. The summed E-state index contributed by atoms with van der Waals surface area (Å²) < 4.78 is 1.46. The Balaban J connectivity index is 2.20. The first-order chi connectivity index (χ1) is 8.94. The first-order valence-electron chi connectivity index (χ1n) is 5.71. The number of nitrogens with zero attached hydrogens (tertiary/aromatic N) is 4. The van der Waals surface area contributed by atoms with Crippen LogP contribution in [0.4, 0.5) is 0 Å². The van der Waals surface area contributed by atoms with Gasteiger partial charge in [0.25, 0.3) is 11.7 Å². The number of aryl methyl sites for hydroxylation is 1. The number of carbonyl (C=O) groups excluding carboxylic acids is 1. The van der Waals surface area contributed by atoms with Gasteiger partial charge in [-0.05, 0) is 13.8 Å². The second-order valence-electron chi connectivity index (χ2n) is 4.57. The van der Waals surface area contributed by atoms with Crippen LogP contribution in [-0.4, -0.2) is 54.5 Å². The highest BCUT2D eigenvalue weighted by Gasteiger charge is 2.21. The van der Waals surface area contributed by atoms with Gasteiger partial charge in [-0.1, -0.05) is 0 Å². The van der Waals surface area contributed by atoms with Gasteiger partial charge >= 0.3 is 0 Å². The Labute approximate surface area is 109 Å². The normalized spacial score (nSPS) is 14.3. The van der Waals surface area contributed by atoms with Crippen LogP contribution in [0.2, 0.25) is 0 Å². The molecule has 0 aliphatic heterocycles. The number of aliphatic hydroxyl groups is 2. The second-order valence-corrected chi connectivity index (χ2v) is 4.57. The molecule has 0 radical (unpaired) electrons. The molecule has 2 heterocycles. The lowest BCUT2D eigenvalue weighted by Gasteiger charge is -2.20. The molecule has 102 valence electrons. The van der Waals surface area contributed by atoms with Crippen LogP contribution in [0, 0.1) is 6.92 Å². The van der Waals surface area contributed by atoms with E-state index < -0.39 is 18.1 Å². The van der Waals surface area contributed by atoms with Crippen LogP contribution in [0.15, 0.2) is 12.5 Å². The minimum absolute atomic E-state index is 0.0584. The number of fused-ring (bicyclic) bond motifs is 1. The second kappa shape index (κ2) is 4.90. The van der Waals surface area contributed by atoms with E-state index in [4.69, 9.17) is 5.11 Å². The largest absolute Gasteiger partial charge is 0.393 e. The minimum atomic E-state index is -1.35. The monoisotopic (exact) mass is 265 g/mol. The first-order valence-corrected chi connectivity index (χ1v) is 5.71. The fourth-order valence-corrected chi connectivity index (χ4v) is 1.53. The molecule has 0 aliphatic rings. The molecule has 3 N–H and O–H groups in total. The number of hydrogen-bond acceptors (Lipinski definition) is 6. The summed E-state index contributed by atoms with van der Waals surface area (Å²) in [5.74, 6) is 0.0209. The van der Waals surface area contributed by atoms with Crippen LogP contribution in [-0.2, 0) is 0 Å². The molecule has 2 aromatic heterocycles. The predicted octanol–water partition coefficient (Wildman–Crippen LogP) is -1.09. The molecule has 0 bridgehead atoms. The Morgan fingerprint density at radius 3 is 2.95 bits per heavy atom. The molecular weight excluding hydrogens is 250 g/mol. The summed E-state index contributed by atoms with van der Waals surface area (Å²) in [7, 11) is 0. The Kier molecular flexibility index (Phi) is 3.45. The van der Waals surface area contributed by atoms with Crippen molar-refractivity contribution in [3.63, 3.8) is 0 Å². The molecule has 2 aromatic rings. The zero-order valence-corrected chi connectivity index (χ0v) is 10.7. The van der Waals surface area contributed by atoms with E-state index in [0.29, 0.717) is 17.0 Å². The van der Waals surface area contributed by atoms with Gasteiger partial charge in [0.1, 0.15) is 11.9 Å². The standard InChI is InChI=1S/C11H15N5O3/c1-7-8(3-12-10-14-6-15-16(7)10)9(18)13-4-11(2,19)5-17/h3,6,17,19H,4-5H2,1-2H3,(H,13,18). The van der Waals surface area contributed by atoms with Crippen molar-refractivity contribution in [2.45, 2.75) is 19.4 Å². The number of rotatable bonds is 4. The summed E-state index contributed by atoms with van der Waals surface area (Å²) in [6, 6.07) is 0. The third kappa shape index (κ3) is 2.69. The van der Waals surface area contributed by atoms with Crippen LogP contribution >= 0.6 is 0 Å². The molecule has 1 amide bonds. The van der Waals surface area contributed by atoms with Gasteiger partial charge in [-0.25, -0.2) is 9.50 Å². The van der Waals surface area contributed by atoms with E-state index in [1.807, 2.05) is 0 Å². The van der Waals surface area contributed by atoms with Crippen molar-refractivity contribution in [3.8, 4) is 0 Å². The van der Waals surface area contributed by atoms with Crippen molar-refractivity contribution in [1.29, 1.82) is 0 Å². The molecule has 19 heavy (non-hydrogen) atoms. The molecule has 0 saturated carbocycles. The molecular formula is C11H15N5O3. The van der Waals surface area contributed by atoms with Gasteiger partial charge in [0.2, 0.25) is 0 Å². The number of aliphatic hydroxyl groups excluding tert-OH is 1. The van der Waals surface area contributed by atoms with E-state index in [-0.39, 0.29) is 6.54 Å². The van der Waals surface area contributed by atoms with Crippen LogP contribution < -0.4 is 5.32 Å². The summed E-state index contributed by atoms with van der Waals surface area (Å²) in [6.07, 6.45) is 2.76. The first kappa shape index (κ1) is 13.4. The summed E-state index contributed by atoms with van der Waals surface area (Å²) in [5, 5.41) is 25.0. The van der Waals surface area contributed by atoms with Gasteiger partial charge in [0, 0.05) is 12.7 Å². The highest BCUT2D eigenvalue weighted by molar-refractivity contribution is 5.95. The van der Waals surface area contributed by atoms with Crippen molar-refractivity contribution in [2.75, 3.05) is 13.2 Å². The van der Waals surface area contributed by atoms with Crippen molar-refractivity contribution < 1.29 is 15.0 Å². The molecule has 1 atom stereocenters. The summed E-state index contributed by atoms with van der Waals surface area (Å²) in [4.78, 5) is 19.9. The van der Waals surface area contributed by atoms with Gasteiger partial charge < -0.3 is 15.5 Å². The zero-order valence-electron chi connectivity index (χ0n) is 10.7. The molecule has 8 heteroatoms. The van der Waals surface area contributed by atoms with E-state index in [2.05, 4.69) is 20.4 Å². The van der Waals surface area contributed by atoms with E-state index in [1.165, 1.54) is 24.0 Å². The van der Waals surface area contributed by atoms with E-state index in [1.54, 1.807) is 6.92 Å². The van der Waals surface area contributed by atoms with Crippen molar-refractivity contribution in [1.82, 2.24) is 24.9 Å². The summed E-state index contributed by atoms with van der Waals surface area (Å²) in [5.41, 5.74) is -0.413. The lowest BCUT2D eigenvalue weighted by molar-refractivity contribution is 0.00318. The fraction of sp³-hybridized carbons (Fsp3) is 0.455. The Morgan fingerprint density at radius 1 is 1.53 bits per heavy atom. The lowest BCUT2D eigenvalue weighted by Crippen LogP contribution is -2.43. The third-order valence-corrected chi connectivity index (χ3v) is 2.76. The quantitative estimate of drug-likeness (QED) is 0.647. The topological polar surface area (TPSA) is 113 Å². The maximum Gasteiger partial charge on any atom is 0.254 e. The molecule has 1 unspecified atom stereocenters. The Bertz CT molecular complexity index is 607. The number of amides is 1. The predicted molar refractivity (Wildman–Crippen MR) is 65.6 cm³/mol.